The average Bonchev–Trinajstić information content (AvgIpc) is 2.63. The maximum Gasteiger partial charge on any atom is 0.194 e. The minimum atomic E-state index is -1.81. The standard InChI is InChI=1S/C12H20IN5OSi/c1-12(2,3)20(4,5)19-7-18-10-8(17-11(18)13)9(14)15-6-16-10/h6H,7H2,1-5H3,(H2,14,15,16). The summed E-state index contributed by atoms with van der Waals surface area (Å²) in [6.45, 7) is 11.6. The molecule has 0 spiro atoms. The smallest absolute Gasteiger partial charge is 0.194 e. The molecule has 2 N–H and O–H groups in total. The molecular weight excluding hydrogens is 385 g/mol. The molecule has 0 bridgehead atoms. The van der Waals surface area contributed by atoms with Gasteiger partial charge in [-0.25, -0.2) is 15.0 Å². The summed E-state index contributed by atoms with van der Waals surface area (Å²) in [6, 6.07) is 0. The number of hydrogen-bond acceptors (Lipinski definition) is 5. The van der Waals surface area contributed by atoms with Gasteiger partial charge in [0.25, 0.3) is 0 Å². The zero-order valence-corrected chi connectivity index (χ0v) is 15.6. The molecule has 0 aromatic carbocycles. The molecule has 0 aliphatic rings. The molecular formula is C12H20IN5OSi. The Kier molecular flexibility index (Phi) is 4.09. The van der Waals surface area contributed by atoms with E-state index in [0.29, 0.717) is 18.1 Å². The number of anilines is 1. The number of aromatic nitrogens is 4. The first-order valence-corrected chi connectivity index (χ1v) is 10.4. The number of imidazole rings is 1. The van der Waals surface area contributed by atoms with Crippen LogP contribution in [0.25, 0.3) is 11.2 Å². The lowest BCUT2D eigenvalue weighted by atomic mass is 10.2. The second kappa shape index (κ2) is 5.23. The van der Waals surface area contributed by atoms with Crippen molar-refractivity contribution in [3.05, 3.63) is 10.2 Å². The maximum atomic E-state index is 6.22. The topological polar surface area (TPSA) is 78.9 Å². The average molecular weight is 405 g/mol. The Morgan fingerprint density at radius 1 is 1.35 bits per heavy atom. The number of rotatable bonds is 3. The van der Waals surface area contributed by atoms with Gasteiger partial charge in [0.1, 0.15) is 13.1 Å². The van der Waals surface area contributed by atoms with E-state index in [1.165, 1.54) is 6.33 Å². The number of fused-ring (bicyclic) bond motifs is 1. The molecule has 0 aliphatic heterocycles. The Hall–Kier alpha value is -0.743. The van der Waals surface area contributed by atoms with Crippen molar-refractivity contribution in [2.75, 3.05) is 5.73 Å². The van der Waals surface area contributed by atoms with Crippen molar-refractivity contribution in [3.8, 4) is 0 Å². The van der Waals surface area contributed by atoms with E-state index in [1.54, 1.807) is 0 Å². The molecule has 2 heterocycles. The zero-order chi connectivity index (χ0) is 15.1. The van der Waals surface area contributed by atoms with Crippen LogP contribution >= 0.6 is 22.6 Å². The van der Waals surface area contributed by atoms with Gasteiger partial charge in [0.2, 0.25) is 0 Å². The lowest BCUT2D eigenvalue weighted by molar-refractivity contribution is 0.213. The van der Waals surface area contributed by atoms with Crippen LogP contribution in [0, 0.1) is 3.83 Å². The van der Waals surface area contributed by atoms with Crippen molar-refractivity contribution in [2.24, 2.45) is 0 Å². The minimum absolute atomic E-state index is 0.169. The van der Waals surface area contributed by atoms with Gasteiger partial charge in [-0.1, -0.05) is 20.8 Å². The first-order chi connectivity index (χ1) is 9.13. The minimum Gasteiger partial charge on any atom is -0.399 e. The Morgan fingerprint density at radius 2 is 2.00 bits per heavy atom. The van der Waals surface area contributed by atoms with E-state index < -0.39 is 8.32 Å². The molecule has 0 unspecified atom stereocenters. The van der Waals surface area contributed by atoms with Crippen LogP contribution in [-0.4, -0.2) is 27.8 Å². The number of hydrogen-bond donors (Lipinski definition) is 1. The van der Waals surface area contributed by atoms with E-state index in [4.69, 9.17) is 10.2 Å². The van der Waals surface area contributed by atoms with Gasteiger partial charge in [0, 0.05) is 22.6 Å². The zero-order valence-electron chi connectivity index (χ0n) is 12.4. The monoisotopic (exact) mass is 405 g/mol. The van der Waals surface area contributed by atoms with Gasteiger partial charge in [-0.15, -0.1) is 0 Å². The summed E-state index contributed by atoms with van der Waals surface area (Å²) in [5.74, 6) is 0.402. The molecule has 0 aliphatic carbocycles. The number of nitrogens with two attached hydrogens (primary N) is 1. The molecule has 2 rings (SSSR count). The van der Waals surface area contributed by atoms with Gasteiger partial charge in [0.05, 0.1) is 0 Å². The Morgan fingerprint density at radius 3 is 2.60 bits per heavy atom. The SMILES string of the molecule is CC(C)(C)[Si](C)(C)OCn1c(I)nc2c(N)ncnc21. The fourth-order valence-electron chi connectivity index (χ4n) is 1.48. The summed E-state index contributed by atoms with van der Waals surface area (Å²) in [4.78, 5) is 12.6. The first-order valence-electron chi connectivity index (χ1n) is 6.39. The molecule has 0 saturated carbocycles. The summed E-state index contributed by atoms with van der Waals surface area (Å²) in [5, 5.41) is 0.169. The molecule has 0 amide bonds. The summed E-state index contributed by atoms with van der Waals surface area (Å²) in [7, 11) is -1.81. The highest BCUT2D eigenvalue weighted by Gasteiger charge is 2.37. The Balaban J connectivity index is 2.32. The highest BCUT2D eigenvalue weighted by atomic mass is 127. The quantitative estimate of drug-likeness (QED) is 0.483. The van der Waals surface area contributed by atoms with Crippen LogP contribution in [0.3, 0.4) is 0 Å². The van der Waals surface area contributed by atoms with E-state index in [1.807, 2.05) is 4.57 Å². The van der Waals surface area contributed by atoms with E-state index in [0.717, 1.165) is 9.48 Å². The molecule has 0 saturated heterocycles. The Bertz CT molecular complexity index is 635. The Labute approximate surface area is 133 Å². The highest BCUT2D eigenvalue weighted by molar-refractivity contribution is 14.1. The summed E-state index contributed by atoms with van der Waals surface area (Å²) < 4.78 is 8.97. The maximum absolute atomic E-state index is 6.22. The van der Waals surface area contributed by atoms with E-state index in [9.17, 15) is 0 Å². The summed E-state index contributed by atoms with van der Waals surface area (Å²) in [6.07, 6.45) is 1.46. The van der Waals surface area contributed by atoms with Gasteiger partial charge in [-0.2, -0.15) is 0 Å². The van der Waals surface area contributed by atoms with E-state index in [-0.39, 0.29) is 5.04 Å². The van der Waals surface area contributed by atoms with Crippen molar-refractivity contribution >= 4 is 47.9 Å². The van der Waals surface area contributed by atoms with Crippen molar-refractivity contribution in [2.45, 2.75) is 45.6 Å². The molecule has 6 nitrogen and oxygen atoms in total. The van der Waals surface area contributed by atoms with Crippen LogP contribution in [-0.2, 0) is 11.2 Å². The third-order valence-electron chi connectivity index (χ3n) is 3.87. The molecule has 0 radical (unpaired) electrons. The van der Waals surface area contributed by atoms with Gasteiger partial charge in [0.15, 0.2) is 29.1 Å². The molecule has 0 atom stereocenters. The van der Waals surface area contributed by atoms with Crippen LogP contribution < -0.4 is 5.73 Å². The molecule has 2 aromatic rings. The highest BCUT2D eigenvalue weighted by Crippen LogP contribution is 2.37. The molecule has 110 valence electrons. The van der Waals surface area contributed by atoms with Crippen molar-refractivity contribution in [1.82, 2.24) is 19.5 Å². The third kappa shape index (κ3) is 2.81. The van der Waals surface area contributed by atoms with Crippen LogP contribution in [0.15, 0.2) is 6.33 Å². The molecule has 8 heteroatoms. The normalized spacial score (nSPS) is 13.1. The van der Waals surface area contributed by atoms with Crippen LogP contribution in [0.4, 0.5) is 5.82 Å². The van der Waals surface area contributed by atoms with Crippen LogP contribution in [0.5, 0.6) is 0 Å². The molecule has 0 fully saturated rings. The van der Waals surface area contributed by atoms with Gasteiger partial charge in [-0.3, -0.25) is 4.57 Å². The van der Waals surface area contributed by atoms with E-state index >= 15 is 0 Å². The van der Waals surface area contributed by atoms with Crippen molar-refractivity contribution in [1.29, 1.82) is 0 Å². The first kappa shape index (κ1) is 15.6. The fraction of sp³-hybridized carbons (Fsp3) is 0.583. The number of halogens is 1. The predicted octanol–water partition coefficient (Wildman–Crippen LogP) is 2.99. The number of nitrogen functional groups attached to an aromatic ring is 1. The van der Waals surface area contributed by atoms with Gasteiger partial charge >= 0.3 is 0 Å². The van der Waals surface area contributed by atoms with Crippen LogP contribution in [0.1, 0.15) is 20.8 Å². The second-order valence-corrected chi connectivity index (χ2v) is 12.0. The van der Waals surface area contributed by atoms with Crippen molar-refractivity contribution < 1.29 is 4.43 Å². The summed E-state index contributed by atoms with van der Waals surface area (Å²) >= 11 is 2.17. The van der Waals surface area contributed by atoms with Crippen LogP contribution in [0.2, 0.25) is 18.1 Å². The lowest BCUT2D eigenvalue weighted by Gasteiger charge is -2.36. The van der Waals surface area contributed by atoms with E-state index in [2.05, 4.69) is 71.4 Å². The number of nitrogens with zero attached hydrogens (tertiary/aromatic N) is 4. The predicted molar refractivity (Wildman–Crippen MR) is 90.7 cm³/mol. The fourth-order valence-corrected chi connectivity index (χ4v) is 2.98. The second-order valence-electron chi connectivity index (χ2n) is 6.27. The van der Waals surface area contributed by atoms with Crippen molar-refractivity contribution in [3.63, 3.8) is 0 Å². The van der Waals surface area contributed by atoms with Gasteiger partial charge in [-0.05, 0) is 18.1 Å². The molecule has 20 heavy (non-hydrogen) atoms. The largest absolute Gasteiger partial charge is 0.399 e. The lowest BCUT2D eigenvalue weighted by Crippen LogP contribution is -2.41. The third-order valence-corrected chi connectivity index (χ3v) is 9.16. The molecule has 2 aromatic heterocycles. The van der Waals surface area contributed by atoms with Gasteiger partial charge < -0.3 is 10.2 Å². The summed E-state index contributed by atoms with van der Waals surface area (Å²) in [5.41, 5.74) is 7.18.